The van der Waals surface area contributed by atoms with Crippen molar-refractivity contribution in [3.05, 3.63) is 60.2 Å². The highest BCUT2D eigenvalue weighted by molar-refractivity contribution is 7.85. The molecule has 0 atom stereocenters. The third-order valence-electron chi connectivity index (χ3n) is 3.67. The highest BCUT2D eigenvalue weighted by Gasteiger charge is 2.15. The molecule has 6 nitrogen and oxygen atoms in total. The molecule has 0 spiro atoms. The van der Waals surface area contributed by atoms with E-state index >= 15 is 0 Å². The summed E-state index contributed by atoms with van der Waals surface area (Å²) in [5.41, 5.74) is 0.866. The second kappa shape index (κ2) is 6.03. The summed E-state index contributed by atoms with van der Waals surface area (Å²) >= 11 is 0. The molecule has 7 heteroatoms. The first kappa shape index (κ1) is 16.1. The number of fused-ring (bicyclic) bond motifs is 1. The lowest BCUT2D eigenvalue weighted by molar-refractivity contribution is 0.477. The van der Waals surface area contributed by atoms with Crippen LogP contribution in [0.5, 0.6) is 5.75 Å². The van der Waals surface area contributed by atoms with E-state index in [-0.39, 0.29) is 21.9 Å². The van der Waals surface area contributed by atoms with E-state index in [9.17, 15) is 18.1 Å². The van der Waals surface area contributed by atoms with Gasteiger partial charge in [-0.05, 0) is 36.1 Å². The summed E-state index contributed by atoms with van der Waals surface area (Å²) in [5.74, 6) is -0.0268. The fourth-order valence-electron chi connectivity index (χ4n) is 2.44. The van der Waals surface area contributed by atoms with Crippen LogP contribution in [-0.2, 0) is 10.1 Å². The molecule has 0 saturated heterocycles. The van der Waals surface area contributed by atoms with E-state index in [1.54, 1.807) is 12.1 Å². The number of rotatable bonds is 3. The number of hydrogen-bond acceptors (Lipinski definition) is 5. The molecule has 0 saturated carbocycles. The number of nitrogens with zero attached hydrogens (tertiary/aromatic N) is 2. The minimum Gasteiger partial charge on any atom is -0.506 e. The quantitative estimate of drug-likeness (QED) is 0.540. The predicted octanol–water partition coefficient (Wildman–Crippen LogP) is 4.52. The summed E-state index contributed by atoms with van der Waals surface area (Å²) in [6.45, 7) is 1.53. The Morgan fingerprint density at radius 1 is 0.917 bits per heavy atom. The molecule has 0 aromatic heterocycles. The van der Waals surface area contributed by atoms with Gasteiger partial charge in [0.25, 0.3) is 10.1 Å². The van der Waals surface area contributed by atoms with E-state index in [0.29, 0.717) is 5.69 Å². The second-order valence-corrected chi connectivity index (χ2v) is 6.62. The summed E-state index contributed by atoms with van der Waals surface area (Å²) in [6.07, 6.45) is 0. The molecule has 0 aliphatic carbocycles. The molecule has 0 aliphatic heterocycles. The van der Waals surface area contributed by atoms with Crippen LogP contribution in [0, 0.1) is 6.92 Å². The molecule has 0 unspecified atom stereocenters. The second-order valence-electron chi connectivity index (χ2n) is 5.23. The summed E-state index contributed by atoms with van der Waals surface area (Å²) in [6, 6.07) is 15.0. The third kappa shape index (κ3) is 2.99. The van der Waals surface area contributed by atoms with Crippen LogP contribution in [0.1, 0.15) is 5.56 Å². The Kier molecular flexibility index (Phi) is 4.04. The largest absolute Gasteiger partial charge is 0.506 e. The SMILES string of the molecule is Cc1c(N=Nc2c(O)ccc3ccccc23)cccc1S(=O)(=O)O. The lowest BCUT2D eigenvalue weighted by atomic mass is 10.1. The molecule has 0 heterocycles. The van der Waals surface area contributed by atoms with Crippen molar-refractivity contribution >= 4 is 32.3 Å². The molecule has 0 amide bonds. The summed E-state index contributed by atoms with van der Waals surface area (Å²) in [7, 11) is -4.33. The average Bonchev–Trinajstić information content (AvgIpc) is 2.54. The van der Waals surface area contributed by atoms with E-state index in [1.165, 1.54) is 25.1 Å². The number of aromatic hydroxyl groups is 1. The zero-order valence-electron chi connectivity index (χ0n) is 12.7. The van der Waals surface area contributed by atoms with Crippen LogP contribution < -0.4 is 0 Å². The molecule has 0 radical (unpaired) electrons. The minimum atomic E-state index is -4.33. The number of azo groups is 1. The summed E-state index contributed by atoms with van der Waals surface area (Å²) < 4.78 is 31.9. The van der Waals surface area contributed by atoms with Gasteiger partial charge in [0, 0.05) is 5.39 Å². The third-order valence-corrected chi connectivity index (χ3v) is 4.67. The number of benzene rings is 3. The van der Waals surface area contributed by atoms with Crippen molar-refractivity contribution in [3.63, 3.8) is 0 Å². The molecule has 0 bridgehead atoms. The molecular formula is C17H14N2O4S. The van der Waals surface area contributed by atoms with Crippen LogP contribution in [0.25, 0.3) is 10.8 Å². The van der Waals surface area contributed by atoms with Crippen molar-refractivity contribution in [2.45, 2.75) is 11.8 Å². The van der Waals surface area contributed by atoms with Crippen LogP contribution in [0.4, 0.5) is 11.4 Å². The van der Waals surface area contributed by atoms with Crippen molar-refractivity contribution in [3.8, 4) is 5.75 Å². The van der Waals surface area contributed by atoms with Gasteiger partial charge in [0.1, 0.15) is 11.4 Å². The van der Waals surface area contributed by atoms with Crippen LogP contribution in [0.3, 0.4) is 0 Å². The summed E-state index contributed by atoms with van der Waals surface area (Å²) in [5, 5.41) is 19.8. The molecule has 0 fully saturated rings. The van der Waals surface area contributed by atoms with Gasteiger partial charge in [-0.1, -0.05) is 36.4 Å². The Hall–Kier alpha value is -2.77. The maximum Gasteiger partial charge on any atom is 0.294 e. The van der Waals surface area contributed by atoms with Crippen LogP contribution in [0.15, 0.2) is 69.7 Å². The Morgan fingerprint density at radius 2 is 1.67 bits per heavy atom. The first-order valence-electron chi connectivity index (χ1n) is 7.07. The average molecular weight is 342 g/mol. The Bertz CT molecular complexity index is 1060. The highest BCUT2D eigenvalue weighted by atomic mass is 32.2. The van der Waals surface area contributed by atoms with Crippen LogP contribution in [-0.4, -0.2) is 18.1 Å². The van der Waals surface area contributed by atoms with E-state index in [1.807, 2.05) is 24.3 Å². The summed E-state index contributed by atoms with van der Waals surface area (Å²) in [4.78, 5) is -0.221. The van der Waals surface area contributed by atoms with Crippen molar-refractivity contribution < 1.29 is 18.1 Å². The van der Waals surface area contributed by atoms with Crippen LogP contribution in [0.2, 0.25) is 0 Å². The Labute approximate surface area is 138 Å². The Morgan fingerprint density at radius 3 is 2.42 bits per heavy atom. The maximum absolute atomic E-state index is 11.4. The fourth-order valence-corrected chi connectivity index (χ4v) is 3.19. The van der Waals surface area contributed by atoms with E-state index < -0.39 is 10.1 Å². The zero-order chi connectivity index (χ0) is 17.3. The van der Waals surface area contributed by atoms with Gasteiger partial charge in [-0.15, -0.1) is 5.11 Å². The molecule has 2 N–H and O–H groups in total. The smallest absolute Gasteiger partial charge is 0.294 e. The Balaban J connectivity index is 2.12. The topological polar surface area (TPSA) is 99.3 Å². The predicted molar refractivity (Wildman–Crippen MR) is 90.8 cm³/mol. The van der Waals surface area contributed by atoms with Gasteiger partial charge in [0.05, 0.1) is 10.6 Å². The van der Waals surface area contributed by atoms with E-state index in [4.69, 9.17) is 0 Å². The van der Waals surface area contributed by atoms with Crippen molar-refractivity contribution in [2.24, 2.45) is 10.2 Å². The molecular weight excluding hydrogens is 328 g/mol. The van der Waals surface area contributed by atoms with E-state index in [0.717, 1.165) is 10.8 Å². The number of hydrogen-bond donors (Lipinski definition) is 2. The number of phenols is 1. The monoisotopic (exact) mass is 342 g/mol. The molecule has 24 heavy (non-hydrogen) atoms. The van der Waals surface area contributed by atoms with Crippen LogP contribution >= 0.6 is 0 Å². The van der Waals surface area contributed by atoms with Gasteiger partial charge in [-0.2, -0.15) is 13.5 Å². The molecule has 3 aromatic carbocycles. The molecule has 3 rings (SSSR count). The lowest BCUT2D eigenvalue weighted by Gasteiger charge is -2.06. The van der Waals surface area contributed by atoms with Gasteiger partial charge in [0.15, 0.2) is 0 Å². The molecule has 3 aromatic rings. The maximum atomic E-state index is 11.4. The van der Waals surface area contributed by atoms with E-state index in [2.05, 4.69) is 10.2 Å². The first-order valence-corrected chi connectivity index (χ1v) is 8.51. The van der Waals surface area contributed by atoms with Gasteiger partial charge in [0.2, 0.25) is 0 Å². The number of phenolic OH excluding ortho intramolecular Hbond substituents is 1. The van der Waals surface area contributed by atoms with Crippen molar-refractivity contribution in [1.82, 2.24) is 0 Å². The molecule has 0 aliphatic rings. The lowest BCUT2D eigenvalue weighted by Crippen LogP contribution is -2.00. The normalized spacial score (nSPS) is 12.1. The highest BCUT2D eigenvalue weighted by Crippen LogP contribution is 2.36. The van der Waals surface area contributed by atoms with Crippen molar-refractivity contribution in [2.75, 3.05) is 0 Å². The van der Waals surface area contributed by atoms with Gasteiger partial charge in [-0.25, -0.2) is 0 Å². The molecule has 122 valence electrons. The standard InChI is InChI=1S/C17H14N2O4S/c1-11-14(7-4-8-16(11)24(21,22)23)18-19-17-13-6-3-2-5-12(13)9-10-15(17)20/h2-10,20H,1H3,(H,21,22,23). The first-order chi connectivity index (χ1) is 11.4. The van der Waals surface area contributed by atoms with Crippen molar-refractivity contribution in [1.29, 1.82) is 0 Å². The van der Waals surface area contributed by atoms with Gasteiger partial charge < -0.3 is 5.11 Å². The fraction of sp³-hybridized carbons (Fsp3) is 0.0588. The van der Waals surface area contributed by atoms with Gasteiger partial charge in [-0.3, -0.25) is 4.55 Å². The zero-order valence-corrected chi connectivity index (χ0v) is 13.5. The minimum absolute atomic E-state index is 0.0268. The van der Waals surface area contributed by atoms with Gasteiger partial charge >= 0.3 is 0 Å².